The lowest BCUT2D eigenvalue weighted by Gasteiger charge is -2.11. The number of aliphatic carboxylic acids is 1. The van der Waals surface area contributed by atoms with Crippen LogP contribution in [0.15, 0.2) is 60.7 Å². The first-order chi connectivity index (χ1) is 13.0. The number of nitrogens with one attached hydrogen (secondary N) is 2. The fourth-order valence-electron chi connectivity index (χ4n) is 3.10. The smallest absolute Gasteiger partial charge is 0.325 e. The van der Waals surface area contributed by atoms with Crippen molar-refractivity contribution in [3.63, 3.8) is 0 Å². The van der Waals surface area contributed by atoms with Crippen LogP contribution in [0.4, 0.5) is 0 Å². The Morgan fingerprint density at radius 2 is 1.74 bits per heavy atom. The Hall–Kier alpha value is -3.67. The van der Waals surface area contributed by atoms with E-state index in [-0.39, 0.29) is 5.69 Å². The van der Waals surface area contributed by atoms with Crippen molar-refractivity contribution in [1.29, 1.82) is 0 Å². The maximum absolute atomic E-state index is 12.6. The number of pyridine rings is 1. The molecule has 0 radical (unpaired) electrons. The lowest BCUT2D eigenvalue weighted by atomic mass is 10.1. The SMILES string of the molecule is C[C@@H](NC(=O)c1cc2c([nH]c3ccccc32)c(-c2ccccc2)n1)C(=O)O. The molecular formula is C21H17N3O3. The number of amides is 1. The number of fused-ring (bicyclic) bond motifs is 3. The highest BCUT2D eigenvalue weighted by Crippen LogP contribution is 2.32. The minimum atomic E-state index is -1.10. The molecule has 0 fully saturated rings. The molecule has 0 bridgehead atoms. The third-order valence-electron chi connectivity index (χ3n) is 4.49. The topological polar surface area (TPSA) is 95.1 Å². The highest BCUT2D eigenvalue weighted by molar-refractivity contribution is 6.13. The molecule has 0 saturated heterocycles. The van der Waals surface area contributed by atoms with Crippen LogP contribution in [-0.2, 0) is 4.79 Å². The maximum Gasteiger partial charge on any atom is 0.325 e. The van der Waals surface area contributed by atoms with Gasteiger partial charge in [0.25, 0.3) is 5.91 Å². The number of hydrogen-bond donors (Lipinski definition) is 3. The van der Waals surface area contributed by atoms with Gasteiger partial charge in [-0.05, 0) is 19.1 Å². The second-order valence-electron chi connectivity index (χ2n) is 6.35. The molecule has 6 nitrogen and oxygen atoms in total. The largest absolute Gasteiger partial charge is 0.480 e. The molecule has 0 aliphatic heterocycles. The summed E-state index contributed by atoms with van der Waals surface area (Å²) in [6.07, 6.45) is 0. The number of carboxylic acids is 1. The van der Waals surface area contributed by atoms with E-state index in [4.69, 9.17) is 5.11 Å². The van der Waals surface area contributed by atoms with Crippen molar-refractivity contribution < 1.29 is 14.7 Å². The molecule has 1 amide bonds. The molecule has 2 heterocycles. The predicted octanol–water partition coefficient (Wildman–Crippen LogP) is 3.59. The summed E-state index contributed by atoms with van der Waals surface area (Å²) in [5.41, 5.74) is 3.49. The van der Waals surface area contributed by atoms with Gasteiger partial charge in [0.2, 0.25) is 0 Å². The normalized spacial score (nSPS) is 12.2. The molecule has 0 saturated carbocycles. The molecule has 0 aliphatic rings. The molecule has 6 heteroatoms. The van der Waals surface area contributed by atoms with Gasteiger partial charge in [-0.25, -0.2) is 4.98 Å². The first-order valence-electron chi connectivity index (χ1n) is 8.55. The average Bonchev–Trinajstić information content (AvgIpc) is 3.06. The van der Waals surface area contributed by atoms with Crippen molar-refractivity contribution >= 4 is 33.7 Å². The summed E-state index contributed by atoms with van der Waals surface area (Å²) in [4.78, 5) is 31.6. The number of nitrogens with zero attached hydrogens (tertiary/aromatic N) is 1. The van der Waals surface area contributed by atoms with Gasteiger partial charge in [-0.3, -0.25) is 9.59 Å². The van der Waals surface area contributed by atoms with Crippen LogP contribution in [0, 0.1) is 0 Å². The fourth-order valence-corrected chi connectivity index (χ4v) is 3.10. The first-order valence-corrected chi connectivity index (χ1v) is 8.55. The Morgan fingerprint density at radius 1 is 1.04 bits per heavy atom. The zero-order chi connectivity index (χ0) is 19.0. The van der Waals surface area contributed by atoms with Gasteiger partial charge in [-0.1, -0.05) is 48.5 Å². The summed E-state index contributed by atoms with van der Waals surface area (Å²) in [5, 5.41) is 13.4. The van der Waals surface area contributed by atoms with Gasteiger partial charge in [0.15, 0.2) is 0 Å². The van der Waals surface area contributed by atoms with E-state index in [1.807, 2.05) is 54.6 Å². The van der Waals surface area contributed by atoms with E-state index in [9.17, 15) is 9.59 Å². The molecule has 27 heavy (non-hydrogen) atoms. The predicted molar refractivity (Wildman–Crippen MR) is 104 cm³/mol. The molecule has 0 aliphatic carbocycles. The van der Waals surface area contributed by atoms with Crippen LogP contribution in [0.3, 0.4) is 0 Å². The number of hydrogen-bond acceptors (Lipinski definition) is 3. The van der Waals surface area contributed by atoms with Crippen LogP contribution in [0.1, 0.15) is 17.4 Å². The summed E-state index contributed by atoms with van der Waals surface area (Å²) >= 11 is 0. The number of carboxylic acid groups (broad SMARTS) is 1. The summed E-state index contributed by atoms with van der Waals surface area (Å²) in [7, 11) is 0. The summed E-state index contributed by atoms with van der Waals surface area (Å²) < 4.78 is 0. The molecule has 3 N–H and O–H groups in total. The molecule has 4 rings (SSSR count). The molecule has 2 aromatic carbocycles. The number of para-hydroxylation sites is 1. The molecule has 4 aromatic rings. The molecular weight excluding hydrogens is 342 g/mol. The van der Waals surface area contributed by atoms with Crippen molar-refractivity contribution in [2.24, 2.45) is 0 Å². The van der Waals surface area contributed by atoms with Gasteiger partial charge in [-0.2, -0.15) is 0 Å². The standard InChI is InChI=1S/C21H17N3O3/c1-12(21(26)27)22-20(25)17-11-15-14-9-5-6-10-16(14)23-19(15)18(24-17)13-7-3-2-4-8-13/h2-12,23H,1H3,(H,22,25)(H,26,27)/t12-/m1/s1. The summed E-state index contributed by atoms with van der Waals surface area (Å²) in [5.74, 6) is -1.62. The fraction of sp³-hybridized carbons (Fsp3) is 0.0952. The lowest BCUT2D eigenvalue weighted by Crippen LogP contribution is -2.38. The minimum Gasteiger partial charge on any atom is -0.480 e. The molecule has 0 spiro atoms. The van der Waals surface area contributed by atoms with Crippen LogP contribution in [-0.4, -0.2) is 33.0 Å². The van der Waals surface area contributed by atoms with Crippen molar-refractivity contribution in [2.75, 3.05) is 0 Å². The van der Waals surface area contributed by atoms with Crippen LogP contribution in [0.25, 0.3) is 33.1 Å². The van der Waals surface area contributed by atoms with E-state index in [0.29, 0.717) is 5.69 Å². The Morgan fingerprint density at radius 3 is 2.48 bits per heavy atom. The van der Waals surface area contributed by atoms with Crippen LogP contribution >= 0.6 is 0 Å². The zero-order valence-electron chi connectivity index (χ0n) is 14.6. The highest BCUT2D eigenvalue weighted by Gasteiger charge is 2.20. The molecule has 1 atom stereocenters. The molecule has 0 unspecified atom stereocenters. The minimum absolute atomic E-state index is 0.180. The van der Waals surface area contributed by atoms with Gasteiger partial charge >= 0.3 is 5.97 Å². The van der Waals surface area contributed by atoms with Gasteiger partial charge in [0, 0.05) is 21.9 Å². The number of benzene rings is 2. The number of aromatic amines is 1. The number of H-pyrrole nitrogens is 1. The van der Waals surface area contributed by atoms with E-state index in [1.54, 1.807) is 6.07 Å². The number of rotatable bonds is 4. The average molecular weight is 359 g/mol. The third kappa shape index (κ3) is 3.01. The van der Waals surface area contributed by atoms with Crippen LogP contribution < -0.4 is 5.32 Å². The van der Waals surface area contributed by atoms with E-state index in [0.717, 1.165) is 27.4 Å². The van der Waals surface area contributed by atoms with Crippen LogP contribution in [0.5, 0.6) is 0 Å². The molecule has 2 aromatic heterocycles. The third-order valence-corrected chi connectivity index (χ3v) is 4.49. The maximum atomic E-state index is 12.6. The van der Waals surface area contributed by atoms with Crippen molar-refractivity contribution in [3.05, 3.63) is 66.4 Å². The van der Waals surface area contributed by atoms with Gasteiger partial charge in [-0.15, -0.1) is 0 Å². The van der Waals surface area contributed by atoms with E-state index >= 15 is 0 Å². The van der Waals surface area contributed by atoms with E-state index < -0.39 is 17.9 Å². The van der Waals surface area contributed by atoms with Crippen molar-refractivity contribution in [2.45, 2.75) is 13.0 Å². The number of carbonyl (C=O) groups excluding carboxylic acids is 1. The second kappa shape index (κ2) is 6.57. The second-order valence-corrected chi connectivity index (χ2v) is 6.35. The molecule has 134 valence electrons. The quantitative estimate of drug-likeness (QED) is 0.519. The first kappa shape index (κ1) is 16.8. The van der Waals surface area contributed by atoms with Crippen molar-refractivity contribution in [3.8, 4) is 11.3 Å². The van der Waals surface area contributed by atoms with Gasteiger partial charge in [0.1, 0.15) is 11.7 Å². The lowest BCUT2D eigenvalue weighted by molar-refractivity contribution is -0.138. The summed E-state index contributed by atoms with van der Waals surface area (Å²) in [6, 6.07) is 18.1. The summed E-state index contributed by atoms with van der Waals surface area (Å²) in [6.45, 7) is 1.42. The Labute approximate surface area is 154 Å². The van der Waals surface area contributed by atoms with Gasteiger partial charge in [0.05, 0.1) is 11.2 Å². The number of aromatic nitrogens is 2. The Balaban J connectivity index is 1.94. The van der Waals surface area contributed by atoms with Crippen molar-refractivity contribution in [1.82, 2.24) is 15.3 Å². The van der Waals surface area contributed by atoms with E-state index in [1.165, 1.54) is 6.92 Å². The van der Waals surface area contributed by atoms with Crippen LogP contribution in [0.2, 0.25) is 0 Å². The van der Waals surface area contributed by atoms with E-state index in [2.05, 4.69) is 15.3 Å². The van der Waals surface area contributed by atoms with Gasteiger partial charge < -0.3 is 15.4 Å². The Bertz CT molecular complexity index is 1170. The monoisotopic (exact) mass is 359 g/mol. The zero-order valence-corrected chi connectivity index (χ0v) is 14.6. The Kier molecular flexibility index (Phi) is 4.08. The number of carbonyl (C=O) groups is 2. The highest BCUT2D eigenvalue weighted by atomic mass is 16.4.